The molecule has 0 saturated heterocycles. The molecule has 1 aromatic rings. The molecule has 0 fully saturated rings. The average molecular weight is 222 g/mol. The zero-order chi connectivity index (χ0) is 12.0. The number of hydrogen-bond donors (Lipinski definition) is 1. The van der Waals surface area contributed by atoms with Crippen LogP contribution in [0.2, 0.25) is 0 Å². The van der Waals surface area contributed by atoms with Crippen LogP contribution in [-0.2, 0) is 4.79 Å². The maximum atomic E-state index is 10.5. The molecule has 0 heterocycles. The number of hydrogen-bond acceptors (Lipinski definition) is 4. The third-order valence-corrected chi connectivity index (χ3v) is 1.83. The summed E-state index contributed by atoms with van der Waals surface area (Å²) >= 11 is 0. The highest BCUT2D eigenvalue weighted by Crippen LogP contribution is 2.11. The monoisotopic (exact) mass is 222 g/mol. The molecule has 0 saturated carbocycles. The summed E-state index contributed by atoms with van der Waals surface area (Å²) in [4.78, 5) is 21.0. The molecule has 0 aliphatic heterocycles. The van der Waals surface area contributed by atoms with Crippen molar-refractivity contribution in [3.8, 4) is 5.75 Å². The van der Waals surface area contributed by atoms with Crippen LogP contribution in [0.1, 0.15) is 17.3 Å². The highest BCUT2D eigenvalue weighted by Gasteiger charge is 1.96. The highest BCUT2D eigenvalue weighted by molar-refractivity contribution is 5.85. The lowest BCUT2D eigenvalue weighted by Gasteiger charge is -2.07. The number of rotatable bonds is 5. The Morgan fingerprint density at radius 3 is 2.44 bits per heavy atom. The van der Waals surface area contributed by atoms with E-state index < -0.39 is 5.97 Å². The average Bonchev–Trinajstić information content (AvgIpc) is 2.25. The second-order valence-corrected chi connectivity index (χ2v) is 3.14. The molecule has 0 aliphatic rings. The van der Waals surface area contributed by atoms with Gasteiger partial charge >= 0.3 is 0 Å². The van der Waals surface area contributed by atoms with Crippen LogP contribution in [0.4, 0.5) is 0 Å². The Hall–Kier alpha value is -2.04. The number of carbonyl (C=O) groups excluding carboxylic acids is 2. The van der Waals surface area contributed by atoms with Crippen LogP contribution in [0, 0.1) is 0 Å². The summed E-state index contributed by atoms with van der Waals surface area (Å²) in [6.07, 6.45) is 0. The van der Waals surface area contributed by atoms with Crippen LogP contribution in [0.5, 0.6) is 5.75 Å². The number of nitrogens with one attached hydrogen (secondary N) is 1. The van der Waals surface area contributed by atoms with Crippen molar-refractivity contribution < 1.29 is 19.4 Å². The second kappa shape index (κ2) is 5.75. The number of amides is 1. The van der Waals surface area contributed by atoms with Crippen molar-refractivity contribution in [2.75, 3.05) is 13.2 Å². The maximum Gasteiger partial charge on any atom is 0.216 e. The first kappa shape index (κ1) is 12.0. The molecule has 1 aromatic carbocycles. The molecule has 0 radical (unpaired) electrons. The van der Waals surface area contributed by atoms with Crippen LogP contribution in [0.25, 0.3) is 0 Å². The summed E-state index contributed by atoms with van der Waals surface area (Å²) in [5, 5.41) is 13.0. The van der Waals surface area contributed by atoms with Crippen molar-refractivity contribution in [3.05, 3.63) is 29.8 Å². The zero-order valence-corrected chi connectivity index (χ0v) is 8.86. The first-order valence-corrected chi connectivity index (χ1v) is 4.78. The van der Waals surface area contributed by atoms with Gasteiger partial charge in [-0.2, -0.15) is 0 Å². The lowest BCUT2D eigenvalue weighted by atomic mass is 10.2. The van der Waals surface area contributed by atoms with Gasteiger partial charge in [-0.3, -0.25) is 4.79 Å². The zero-order valence-electron chi connectivity index (χ0n) is 8.86. The number of ether oxygens (including phenoxy) is 1. The van der Waals surface area contributed by atoms with Gasteiger partial charge < -0.3 is 20.0 Å². The smallest absolute Gasteiger partial charge is 0.216 e. The molecule has 0 aliphatic carbocycles. The highest BCUT2D eigenvalue weighted by atomic mass is 16.5. The van der Waals surface area contributed by atoms with E-state index in [0.29, 0.717) is 18.9 Å². The minimum Gasteiger partial charge on any atom is -0.545 e. The quantitative estimate of drug-likeness (QED) is 0.685. The van der Waals surface area contributed by atoms with Gasteiger partial charge in [0.2, 0.25) is 5.91 Å². The molecule has 86 valence electrons. The molecular formula is C11H12NO4-. The number of aromatic carboxylic acids is 1. The summed E-state index contributed by atoms with van der Waals surface area (Å²) in [7, 11) is 0. The third-order valence-electron chi connectivity index (χ3n) is 1.83. The van der Waals surface area contributed by atoms with Crippen molar-refractivity contribution in [2.45, 2.75) is 6.92 Å². The Balaban J connectivity index is 2.38. The largest absolute Gasteiger partial charge is 0.545 e. The first-order valence-electron chi connectivity index (χ1n) is 4.78. The van der Waals surface area contributed by atoms with Crippen LogP contribution >= 0.6 is 0 Å². The maximum absolute atomic E-state index is 10.5. The predicted octanol–water partition coefficient (Wildman–Crippen LogP) is -0.435. The lowest BCUT2D eigenvalue weighted by Crippen LogP contribution is -2.25. The van der Waals surface area contributed by atoms with E-state index in [2.05, 4.69) is 5.32 Å². The van der Waals surface area contributed by atoms with Gasteiger partial charge in [-0.15, -0.1) is 0 Å². The number of carboxylic acid groups (broad SMARTS) is 1. The number of carbonyl (C=O) groups is 2. The van der Waals surface area contributed by atoms with Crippen molar-refractivity contribution in [1.29, 1.82) is 0 Å². The van der Waals surface area contributed by atoms with Crippen LogP contribution in [0.15, 0.2) is 24.3 Å². The van der Waals surface area contributed by atoms with Crippen LogP contribution in [-0.4, -0.2) is 25.0 Å². The van der Waals surface area contributed by atoms with Crippen molar-refractivity contribution in [3.63, 3.8) is 0 Å². The van der Waals surface area contributed by atoms with Crippen molar-refractivity contribution in [1.82, 2.24) is 5.32 Å². The molecule has 1 N–H and O–H groups in total. The lowest BCUT2D eigenvalue weighted by molar-refractivity contribution is -0.255. The van der Waals surface area contributed by atoms with Gasteiger partial charge in [0.1, 0.15) is 12.4 Å². The molecule has 0 unspecified atom stereocenters. The predicted molar refractivity (Wildman–Crippen MR) is 55.0 cm³/mol. The Labute approximate surface area is 93.0 Å². The molecule has 0 aromatic heterocycles. The SMILES string of the molecule is CC(=O)NCCOc1ccc(C(=O)[O-])cc1. The van der Waals surface area contributed by atoms with E-state index in [4.69, 9.17) is 4.74 Å². The van der Waals surface area contributed by atoms with Crippen LogP contribution < -0.4 is 15.2 Å². The van der Waals surface area contributed by atoms with Gasteiger partial charge in [-0.1, -0.05) is 0 Å². The topological polar surface area (TPSA) is 78.5 Å². The van der Waals surface area contributed by atoms with E-state index in [1.54, 1.807) is 12.1 Å². The van der Waals surface area contributed by atoms with Gasteiger partial charge in [-0.25, -0.2) is 0 Å². The van der Waals surface area contributed by atoms with Gasteiger partial charge in [0, 0.05) is 6.92 Å². The molecule has 1 amide bonds. The van der Waals surface area contributed by atoms with E-state index >= 15 is 0 Å². The molecule has 5 nitrogen and oxygen atoms in total. The standard InChI is InChI=1S/C11H13NO4/c1-8(13)12-6-7-16-10-4-2-9(3-5-10)11(14)15/h2-5H,6-7H2,1H3,(H,12,13)(H,14,15)/p-1. The fourth-order valence-electron chi connectivity index (χ4n) is 1.08. The minimum atomic E-state index is -1.22. The molecule has 1 rings (SSSR count). The fourth-order valence-corrected chi connectivity index (χ4v) is 1.08. The van der Waals surface area contributed by atoms with Gasteiger partial charge in [-0.05, 0) is 29.8 Å². The first-order chi connectivity index (χ1) is 7.59. The van der Waals surface area contributed by atoms with E-state index in [1.807, 2.05) is 0 Å². The molecular weight excluding hydrogens is 210 g/mol. The summed E-state index contributed by atoms with van der Waals surface area (Å²) in [5.41, 5.74) is 0.106. The molecule has 0 spiro atoms. The Kier molecular flexibility index (Phi) is 4.32. The van der Waals surface area contributed by atoms with Gasteiger partial charge in [0.25, 0.3) is 0 Å². The summed E-state index contributed by atoms with van der Waals surface area (Å²) in [6.45, 7) is 2.18. The summed E-state index contributed by atoms with van der Waals surface area (Å²) in [5.74, 6) is -0.781. The Bertz CT molecular complexity index is 372. The van der Waals surface area contributed by atoms with Crippen molar-refractivity contribution >= 4 is 11.9 Å². The summed E-state index contributed by atoms with van der Waals surface area (Å²) in [6, 6.07) is 5.89. The minimum absolute atomic E-state index is 0.106. The van der Waals surface area contributed by atoms with Gasteiger partial charge in [0.05, 0.1) is 12.5 Å². The number of benzene rings is 1. The van der Waals surface area contributed by atoms with Gasteiger partial charge in [0.15, 0.2) is 0 Å². The van der Waals surface area contributed by atoms with E-state index in [-0.39, 0.29) is 11.5 Å². The molecule has 5 heteroatoms. The molecule has 0 bridgehead atoms. The third kappa shape index (κ3) is 4.00. The Morgan fingerprint density at radius 2 is 1.94 bits per heavy atom. The molecule has 16 heavy (non-hydrogen) atoms. The normalized spacial score (nSPS) is 9.56. The second-order valence-electron chi connectivity index (χ2n) is 3.14. The van der Waals surface area contributed by atoms with Crippen molar-refractivity contribution in [2.24, 2.45) is 0 Å². The number of carboxylic acids is 1. The molecule has 0 atom stereocenters. The van der Waals surface area contributed by atoms with E-state index in [1.165, 1.54) is 19.1 Å². The fraction of sp³-hybridized carbons (Fsp3) is 0.273. The summed E-state index contributed by atoms with van der Waals surface area (Å²) < 4.78 is 5.26. The van der Waals surface area contributed by atoms with E-state index in [0.717, 1.165) is 0 Å². The van der Waals surface area contributed by atoms with E-state index in [9.17, 15) is 14.7 Å². The Morgan fingerprint density at radius 1 is 1.31 bits per heavy atom. The van der Waals surface area contributed by atoms with Crippen LogP contribution in [0.3, 0.4) is 0 Å².